The standard InChI is InChI=1S/C32H39BrClN3O4S/c1-23(2)21-35-32(39)30(20-25-11-6-5-7-12-25)36(22-26-13-8-14-27(33)19-26)31(38)17-10-18-37(42(4,40)41)29-16-9-15-28(34)24(29)3/h5-9,11-16,19,23,30H,10,17-18,20-22H2,1-4H3,(H,35,39)/t30-/m0/s1. The Kier molecular flexibility index (Phi) is 12.4. The molecule has 2 amide bonds. The minimum Gasteiger partial charge on any atom is -0.354 e. The molecule has 0 saturated heterocycles. The van der Waals surface area contributed by atoms with E-state index >= 15 is 0 Å². The van der Waals surface area contributed by atoms with Gasteiger partial charge in [0.05, 0.1) is 11.9 Å². The summed E-state index contributed by atoms with van der Waals surface area (Å²) >= 11 is 9.78. The van der Waals surface area contributed by atoms with Gasteiger partial charge in [0.2, 0.25) is 21.8 Å². The van der Waals surface area contributed by atoms with Crippen molar-refractivity contribution in [3.8, 4) is 0 Å². The molecule has 3 aromatic rings. The Balaban J connectivity index is 1.90. The molecule has 42 heavy (non-hydrogen) atoms. The van der Waals surface area contributed by atoms with Gasteiger partial charge in [0.15, 0.2) is 0 Å². The van der Waals surface area contributed by atoms with Crippen molar-refractivity contribution in [2.45, 2.75) is 52.6 Å². The van der Waals surface area contributed by atoms with E-state index in [1.807, 2.05) is 68.4 Å². The van der Waals surface area contributed by atoms with Crippen LogP contribution in [0.25, 0.3) is 0 Å². The SMILES string of the molecule is Cc1c(Cl)cccc1N(CCCC(=O)N(Cc1cccc(Br)c1)[C@@H](Cc1ccccc1)C(=O)NCC(C)C)S(C)(=O)=O. The Labute approximate surface area is 263 Å². The number of amides is 2. The number of hydrogen-bond donors (Lipinski definition) is 1. The van der Waals surface area contributed by atoms with Gasteiger partial charge in [-0.3, -0.25) is 13.9 Å². The van der Waals surface area contributed by atoms with Crippen molar-refractivity contribution in [3.63, 3.8) is 0 Å². The third-order valence-electron chi connectivity index (χ3n) is 6.86. The summed E-state index contributed by atoms with van der Waals surface area (Å²) in [5.41, 5.74) is 2.95. The van der Waals surface area contributed by atoms with E-state index in [4.69, 9.17) is 11.6 Å². The molecule has 226 valence electrons. The summed E-state index contributed by atoms with van der Waals surface area (Å²) in [7, 11) is -3.63. The molecule has 0 bridgehead atoms. The Bertz CT molecular complexity index is 1470. The molecule has 0 unspecified atom stereocenters. The van der Waals surface area contributed by atoms with Gasteiger partial charge in [-0.1, -0.05) is 89.9 Å². The van der Waals surface area contributed by atoms with Crippen LogP contribution < -0.4 is 9.62 Å². The van der Waals surface area contributed by atoms with E-state index in [-0.39, 0.29) is 43.7 Å². The van der Waals surface area contributed by atoms with Gasteiger partial charge < -0.3 is 10.2 Å². The summed E-state index contributed by atoms with van der Waals surface area (Å²) in [5, 5.41) is 3.49. The molecule has 0 aliphatic heterocycles. The van der Waals surface area contributed by atoms with Crippen LogP contribution in [0.4, 0.5) is 5.69 Å². The van der Waals surface area contributed by atoms with Crippen LogP contribution in [0.1, 0.15) is 43.4 Å². The number of nitrogens with zero attached hydrogens (tertiary/aromatic N) is 2. The number of sulfonamides is 1. The van der Waals surface area contributed by atoms with Crippen molar-refractivity contribution in [3.05, 3.63) is 99.0 Å². The molecule has 1 atom stereocenters. The predicted molar refractivity (Wildman–Crippen MR) is 174 cm³/mol. The smallest absolute Gasteiger partial charge is 0.243 e. The Hall–Kier alpha value is -2.88. The molecule has 7 nitrogen and oxygen atoms in total. The highest BCUT2D eigenvalue weighted by molar-refractivity contribution is 9.10. The molecule has 3 aromatic carbocycles. The van der Waals surface area contributed by atoms with Crippen LogP contribution in [-0.4, -0.2) is 50.5 Å². The van der Waals surface area contributed by atoms with E-state index in [0.29, 0.717) is 29.2 Å². The predicted octanol–water partition coefficient (Wildman–Crippen LogP) is 6.37. The van der Waals surface area contributed by atoms with Gasteiger partial charge in [0, 0.05) is 42.0 Å². The monoisotopic (exact) mass is 675 g/mol. The molecule has 0 aromatic heterocycles. The van der Waals surface area contributed by atoms with Crippen molar-refractivity contribution in [1.29, 1.82) is 0 Å². The third kappa shape index (κ3) is 9.85. The summed E-state index contributed by atoms with van der Waals surface area (Å²) in [4.78, 5) is 29.2. The molecular weight excluding hydrogens is 638 g/mol. The minimum absolute atomic E-state index is 0.0579. The molecular formula is C32H39BrClN3O4S. The third-order valence-corrected chi connectivity index (χ3v) is 8.94. The fourth-order valence-corrected chi connectivity index (χ4v) is 6.29. The zero-order chi connectivity index (χ0) is 30.9. The van der Waals surface area contributed by atoms with Crippen molar-refractivity contribution in [2.75, 3.05) is 23.7 Å². The van der Waals surface area contributed by atoms with E-state index in [2.05, 4.69) is 21.2 Å². The lowest BCUT2D eigenvalue weighted by Crippen LogP contribution is -2.51. The van der Waals surface area contributed by atoms with Crippen LogP contribution in [0.3, 0.4) is 0 Å². The topological polar surface area (TPSA) is 86.8 Å². The summed E-state index contributed by atoms with van der Waals surface area (Å²) in [6, 6.07) is 21.7. The van der Waals surface area contributed by atoms with E-state index in [1.165, 1.54) is 4.31 Å². The van der Waals surface area contributed by atoms with E-state index < -0.39 is 16.1 Å². The molecule has 1 N–H and O–H groups in total. The largest absolute Gasteiger partial charge is 0.354 e. The van der Waals surface area contributed by atoms with E-state index in [1.54, 1.807) is 30.0 Å². The molecule has 0 aliphatic rings. The second kappa shape index (κ2) is 15.5. The summed E-state index contributed by atoms with van der Waals surface area (Å²) in [6.45, 7) is 6.63. The maximum atomic E-state index is 13.9. The van der Waals surface area contributed by atoms with Crippen LogP contribution in [0.15, 0.2) is 77.3 Å². The van der Waals surface area contributed by atoms with Gasteiger partial charge in [-0.05, 0) is 60.2 Å². The van der Waals surface area contributed by atoms with Crippen molar-refractivity contribution in [2.24, 2.45) is 5.92 Å². The quantitative estimate of drug-likeness (QED) is 0.215. The van der Waals surface area contributed by atoms with E-state index in [0.717, 1.165) is 21.9 Å². The van der Waals surface area contributed by atoms with Crippen molar-refractivity contribution >= 4 is 55.1 Å². The Morgan fingerprint density at radius 1 is 0.976 bits per heavy atom. The number of hydrogen-bond acceptors (Lipinski definition) is 4. The fourth-order valence-electron chi connectivity index (χ4n) is 4.66. The first-order chi connectivity index (χ1) is 19.9. The summed E-state index contributed by atoms with van der Waals surface area (Å²) in [6.07, 6.45) is 1.81. The van der Waals surface area contributed by atoms with Crippen LogP contribution in [-0.2, 0) is 32.6 Å². The lowest BCUT2D eigenvalue weighted by molar-refractivity contribution is -0.141. The normalized spacial score (nSPS) is 12.2. The lowest BCUT2D eigenvalue weighted by atomic mass is 10.0. The second-order valence-corrected chi connectivity index (χ2v) is 14.0. The fraction of sp³-hybridized carbons (Fsp3) is 0.375. The average Bonchev–Trinajstić information content (AvgIpc) is 2.93. The van der Waals surface area contributed by atoms with Crippen LogP contribution in [0.5, 0.6) is 0 Å². The van der Waals surface area contributed by atoms with Gasteiger partial charge in [-0.25, -0.2) is 8.42 Å². The maximum Gasteiger partial charge on any atom is 0.243 e. The highest BCUT2D eigenvalue weighted by Crippen LogP contribution is 2.28. The summed E-state index contributed by atoms with van der Waals surface area (Å²) in [5.74, 6) is -0.201. The number of rotatable bonds is 14. The van der Waals surface area contributed by atoms with Gasteiger partial charge in [-0.15, -0.1) is 0 Å². The van der Waals surface area contributed by atoms with Gasteiger partial charge in [-0.2, -0.15) is 0 Å². The number of carbonyl (C=O) groups excluding carboxylic acids is 2. The highest BCUT2D eigenvalue weighted by atomic mass is 79.9. The molecule has 0 heterocycles. The molecule has 0 aliphatic carbocycles. The van der Waals surface area contributed by atoms with Gasteiger partial charge in [0.25, 0.3) is 0 Å². The van der Waals surface area contributed by atoms with Crippen LogP contribution in [0, 0.1) is 12.8 Å². The number of nitrogens with one attached hydrogen (secondary N) is 1. The first-order valence-electron chi connectivity index (χ1n) is 13.9. The van der Waals surface area contributed by atoms with Crippen molar-refractivity contribution in [1.82, 2.24) is 10.2 Å². The minimum atomic E-state index is -3.63. The number of benzene rings is 3. The average molecular weight is 677 g/mol. The molecule has 10 heteroatoms. The number of halogens is 2. The molecule has 0 saturated carbocycles. The van der Waals surface area contributed by atoms with Gasteiger partial charge in [0.1, 0.15) is 6.04 Å². The lowest BCUT2D eigenvalue weighted by Gasteiger charge is -2.32. The maximum absolute atomic E-state index is 13.9. The van der Waals surface area contributed by atoms with Crippen LogP contribution >= 0.6 is 27.5 Å². The van der Waals surface area contributed by atoms with Crippen LogP contribution in [0.2, 0.25) is 5.02 Å². The molecule has 0 spiro atoms. The first kappa shape index (κ1) is 33.6. The molecule has 3 rings (SSSR count). The number of anilines is 1. The summed E-state index contributed by atoms with van der Waals surface area (Å²) < 4.78 is 27.6. The van der Waals surface area contributed by atoms with E-state index in [9.17, 15) is 18.0 Å². The zero-order valence-electron chi connectivity index (χ0n) is 24.5. The van der Waals surface area contributed by atoms with Gasteiger partial charge >= 0.3 is 0 Å². The van der Waals surface area contributed by atoms with Crippen molar-refractivity contribution < 1.29 is 18.0 Å². The zero-order valence-corrected chi connectivity index (χ0v) is 27.7. The highest BCUT2D eigenvalue weighted by Gasteiger charge is 2.31. The first-order valence-corrected chi connectivity index (χ1v) is 17.0. The molecule has 0 radical (unpaired) electrons. The molecule has 0 fully saturated rings. The Morgan fingerprint density at radius 3 is 2.29 bits per heavy atom. The second-order valence-electron chi connectivity index (χ2n) is 10.8. The number of carbonyl (C=O) groups is 2. The Morgan fingerprint density at radius 2 is 1.64 bits per heavy atom.